The van der Waals surface area contributed by atoms with Gasteiger partial charge in [0.05, 0.1) is 10.9 Å². The smallest absolute Gasteiger partial charge is 0.120 e. The van der Waals surface area contributed by atoms with Crippen molar-refractivity contribution < 1.29 is 4.74 Å². The molecule has 0 fully saturated rings. The third-order valence-electron chi connectivity index (χ3n) is 3.94. The number of ether oxygens (including phenoxy) is 1. The van der Waals surface area contributed by atoms with Crippen molar-refractivity contribution in [3.05, 3.63) is 64.7 Å². The van der Waals surface area contributed by atoms with Crippen molar-refractivity contribution in [3.63, 3.8) is 0 Å². The van der Waals surface area contributed by atoms with Gasteiger partial charge in [-0.25, -0.2) is 0 Å². The Morgan fingerprint density at radius 3 is 2.52 bits per heavy atom. The summed E-state index contributed by atoms with van der Waals surface area (Å²) in [7, 11) is 0. The number of alkyl halides is 1. The molecule has 2 heteroatoms. The zero-order chi connectivity index (χ0) is 14.8. The van der Waals surface area contributed by atoms with Gasteiger partial charge in [-0.2, -0.15) is 0 Å². The van der Waals surface area contributed by atoms with Crippen LogP contribution in [0.4, 0.5) is 0 Å². The first kappa shape index (κ1) is 14.6. The fourth-order valence-electron chi connectivity index (χ4n) is 2.96. The summed E-state index contributed by atoms with van der Waals surface area (Å²) in [6.45, 7) is 4.11. The highest BCUT2D eigenvalue weighted by molar-refractivity contribution is 9.09. The van der Waals surface area contributed by atoms with E-state index in [0.29, 0.717) is 0 Å². The van der Waals surface area contributed by atoms with E-state index in [-0.39, 0.29) is 10.9 Å². The summed E-state index contributed by atoms with van der Waals surface area (Å²) in [5.41, 5.74) is 5.62. The second kappa shape index (κ2) is 6.23. The van der Waals surface area contributed by atoms with Gasteiger partial charge in [0.25, 0.3) is 0 Å². The molecule has 2 aromatic rings. The van der Waals surface area contributed by atoms with E-state index in [9.17, 15) is 0 Å². The van der Waals surface area contributed by atoms with Gasteiger partial charge in [-0.1, -0.05) is 46.3 Å². The average Bonchev–Trinajstić information content (AvgIpc) is 2.93. The molecule has 1 atom stereocenters. The number of benzene rings is 2. The molecule has 0 bridgehead atoms. The minimum absolute atomic E-state index is 0.203. The minimum Gasteiger partial charge on any atom is -0.491 e. The SMILES string of the molecule is CC(C)Oc1cccc(C(Br)c2ccc3c(c2)CCC3)c1. The van der Waals surface area contributed by atoms with Gasteiger partial charge in [0, 0.05) is 0 Å². The number of hydrogen-bond donors (Lipinski definition) is 0. The molecule has 0 N–H and O–H groups in total. The van der Waals surface area contributed by atoms with Gasteiger partial charge in [0.15, 0.2) is 0 Å². The largest absolute Gasteiger partial charge is 0.491 e. The molecule has 0 heterocycles. The summed E-state index contributed by atoms with van der Waals surface area (Å²) < 4.78 is 5.79. The van der Waals surface area contributed by atoms with E-state index in [1.165, 1.54) is 41.5 Å². The molecule has 1 aliphatic rings. The van der Waals surface area contributed by atoms with Crippen LogP contribution in [0.1, 0.15) is 47.3 Å². The Bertz CT molecular complexity index is 633. The van der Waals surface area contributed by atoms with Crippen LogP contribution >= 0.6 is 15.9 Å². The number of rotatable bonds is 4. The van der Waals surface area contributed by atoms with Crippen LogP contribution in [0.25, 0.3) is 0 Å². The topological polar surface area (TPSA) is 9.23 Å². The van der Waals surface area contributed by atoms with Crippen molar-refractivity contribution in [1.29, 1.82) is 0 Å². The lowest BCUT2D eigenvalue weighted by Crippen LogP contribution is -2.06. The van der Waals surface area contributed by atoms with Crippen molar-refractivity contribution in [2.75, 3.05) is 0 Å². The molecule has 21 heavy (non-hydrogen) atoms. The van der Waals surface area contributed by atoms with Crippen LogP contribution in [-0.2, 0) is 12.8 Å². The minimum atomic E-state index is 0.203. The van der Waals surface area contributed by atoms with Crippen LogP contribution in [-0.4, -0.2) is 6.10 Å². The van der Waals surface area contributed by atoms with Crippen molar-refractivity contribution >= 4 is 15.9 Å². The van der Waals surface area contributed by atoms with Crippen molar-refractivity contribution in [2.45, 2.75) is 44.0 Å². The van der Waals surface area contributed by atoms with Crippen LogP contribution in [0.2, 0.25) is 0 Å². The van der Waals surface area contributed by atoms with Crippen LogP contribution in [0.3, 0.4) is 0 Å². The first-order valence-electron chi connectivity index (χ1n) is 7.66. The summed E-state index contributed by atoms with van der Waals surface area (Å²) in [6.07, 6.45) is 3.96. The predicted octanol–water partition coefficient (Wildman–Crippen LogP) is 5.45. The summed E-state index contributed by atoms with van der Waals surface area (Å²) in [5.74, 6) is 0.938. The maximum Gasteiger partial charge on any atom is 0.120 e. The number of aryl methyl sites for hydroxylation is 2. The normalized spacial score (nSPS) is 15.0. The molecular weight excluding hydrogens is 324 g/mol. The zero-order valence-electron chi connectivity index (χ0n) is 12.6. The maximum atomic E-state index is 5.79. The van der Waals surface area contributed by atoms with E-state index in [2.05, 4.69) is 66.2 Å². The van der Waals surface area contributed by atoms with Gasteiger partial charge in [-0.05, 0) is 67.5 Å². The maximum absolute atomic E-state index is 5.79. The molecule has 1 nitrogen and oxygen atoms in total. The standard InChI is InChI=1S/C19H21BrO/c1-13(2)21-18-8-4-7-16(12-18)19(20)17-10-9-14-5-3-6-15(14)11-17/h4,7-13,19H,3,5-6H2,1-2H3. The second-order valence-electron chi connectivity index (χ2n) is 5.98. The van der Waals surface area contributed by atoms with Crippen LogP contribution in [0, 0.1) is 0 Å². The second-order valence-corrected chi connectivity index (χ2v) is 6.90. The van der Waals surface area contributed by atoms with E-state index in [0.717, 1.165) is 5.75 Å². The van der Waals surface area contributed by atoms with Gasteiger partial charge in [-0.3, -0.25) is 0 Å². The third-order valence-corrected chi connectivity index (χ3v) is 5.00. The Morgan fingerprint density at radius 1 is 0.952 bits per heavy atom. The van der Waals surface area contributed by atoms with E-state index in [1.54, 1.807) is 0 Å². The van der Waals surface area contributed by atoms with E-state index in [1.807, 2.05) is 6.07 Å². The molecule has 2 aromatic carbocycles. The Morgan fingerprint density at radius 2 is 1.71 bits per heavy atom. The Kier molecular flexibility index (Phi) is 4.34. The van der Waals surface area contributed by atoms with Crippen molar-refractivity contribution in [2.24, 2.45) is 0 Å². The fraction of sp³-hybridized carbons (Fsp3) is 0.368. The first-order valence-corrected chi connectivity index (χ1v) is 8.57. The molecule has 1 aliphatic carbocycles. The predicted molar refractivity (Wildman–Crippen MR) is 91.4 cm³/mol. The molecule has 0 saturated heterocycles. The monoisotopic (exact) mass is 344 g/mol. The molecule has 0 aromatic heterocycles. The molecule has 3 rings (SSSR count). The van der Waals surface area contributed by atoms with Crippen LogP contribution in [0.15, 0.2) is 42.5 Å². The van der Waals surface area contributed by atoms with Gasteiger partial charge >= 0.3 is 0 Å². The van der Waals surface area contributed by atoms with Gasteiger partial charge in [-0.15, -0.1) is 0 Å². The Labute approximate surface area is 135 Å². The molecule has 0 saturated carbocycles. The van der Waals surface area contributed by atoms with E-state index in [4.69, 9.17) is 4.74 Å². The highest BCUT2D eigenvalue weighted by atomic mass is 79.9. The Hall–Kier alpha value is -1.28. The van der Waals surface area contributed by atoms with Gasteiger partial charge in [0.2, 0.25) is 0 Å². The fourth-order valence-corrected chi connectivity index (χ4v) is 3.53. The summed E-state index contributed by atoms with van der Waals surface area (Å²) in [4.78, 5) is 0.221. The number of fused-ring (bicyclic) bond motifs is 1. The highest BCUT2D eigenvalue weighted by Crippen LogP contribution is 2.35. The van der Waals surface area contributed by atoms with Crippen molar-refractivity contribution in [3.8, 4) is 5.75 Å². The zero-order valence-corrected chi connectivity index (χ0v) is 14.2. The lowest BCUT2D eigenvalue weighted by atomic mass is 10.0. The number of halogens is 1. The van der Waals surface area contributed by atoms with Gasteiger partial charge in [0.1, 0.15) is 5.75 Å². The third kappa shape index (κ3) is 3.32. The van der Waals surface area contributed by atoms with E-state index >= 15 is 0 Å². The molecule has 0 radical (unpaired) electrons. The highest BCUT2D eigenvalue weighted by Gasteiger charge is 2.16. The van der Waals surface area contributed by atoms with Crippen molar-refractivity contribution in [1.82, 2.24) is 0 Å². The summed E-state index contributed by atoms with van der Waals surface area (Å²) >= 11 is 3.85. The number of hydrogen-bond acceptors (Lipinski definition) is 1. The molecule has 0 spiro atoms. The Balaban J connectivity index is 1.86. The first-order chi connectivity index (χ1) is 10.1. The lowest BCUT2D eigenvalue weighted by molar-refractivity contribution is 0.242. The molecular formula is C19H21BrO. The molecule has 1 unspecified atom stereocenters. The van der Waals surface area contributed by atoms with Crippen LogP contribution in [0.5, 0.6) is 5.75 Å². The molecule has 110 valence electrons. The van der Waals surface area contributed by atoms with E-state index < -0.39 is 0 Å². The average molecular weight is 345 g/mol. The molecule has 0 amide bonds. The summed E-state index contributed by atoms with van der Waals surface area (Å²) in [6, 6.07) is 15.3. The quantitative estimate of drug-likeness (QED) is 0.670. The van der Waals surface area contributed by atoms with Gasteiger partial charge < -0.3 is 4.74 Å². The summed E-state index contributed by atoms with van der Waals surface area (Å²) in [5, 5.41) is 0. The van der Waals surface area contributed by atoms with Crippen LogP contribution < -0.4 is 4.74 Å². The lowest BCUT2D eigenvalue weighted by Gasteiger charge is -2.15. The molecule has 0 aliphatic heterocycles.